The van der Waals surface area contributed by atoms with Crippen LogP contribution in [0.5, 0.6) is 0 Å². The van der Waals surface area contributed by atoms with Gasteiger partial charge in [-0.15, -0.1) is 0 Å². The van der Waals surface area contributed by atoms with E-state index in [2.05, 4.69) is 5.32 Å². The average molecular weight is 404 g/mol. The van der Waals surface area contributed by atoms with E-state index in [-0.39, 0.29) is 29.4 Å². The summed E-state index contributed by atoms with van der Waals surface area (Å²) in [5.41, 5.74) is 1.54. The van der Waals surface area contributed by atoms with Gasteiger partial charge in [0.2, 0.25) is 15.9 Å². The summed E-state index contributed by atoms with van der Waals surface area (Å²) in [6.45, 7) is 7.70. The molecular weight excluding hydrogens is 374 g/mol. The van der Waals surface area contributed by atoms with Crippen molar-refractivity contribution in [3.05, 3.63) is 54.6 Å². The normalized spacial score (nSPS) is 11.9. The van der Waals surface area contributed by atoms with E-state index in [4.69, 9.17) is 0 Å². The van der Waals surface area contributed by atoms with Gasteiger partial charge in [0.1, 0.15) is 0 Å². The zero-order valence-corrected chi connectivity index (χ0v) is 17.9. The fourth-order valence-corrected chi connectivity index (χ4v) is 4.14. The highest BCUT2D eigenvalue weighted by atomic mass is 32.2. The molecule has 0 unspecified atom stereocenters. The van der Waals surface area contributed by atoms with Crippen LogP contribution in [0.2, 0.25) is 0 Å². The molecule has 0 aliphatic carbocycles. The predicted molar refractivity (Wildman–Crippen MR) is 114 cm³/mol. The molecule has 28 heavy (non-hydrogen) atoms. The number of carbonyl (C=O) groups excluding carboxylic acids is 1. The molecule has 0 saturated heterocycles. The number of nitrogens with zero attached hydrogens (tertiary/aromatic N) is 2. The summed E-state index contributed by atoms with van der Waals surface area (Å²) in [5.74, 6) is -0.0579. The van der Waals surface area contributed by atoms with Gasteiger partial charge < -0.3 is 10.2 Å². The Morgan fingerprint density at radius 1 is 0.929 bits per heavy atom. The second-order valence-corrected chi connectivity index (χ2v) is 9.18. The first-order valence-electron chi connectivity index (χ1n) is 9.33. The summed E-state index contributed by atoms with van der Waals surface area (Å²) in [6.07, 6.45) is 0. The molecule has 0 aliphatic rings. The van der Waals surface area contributed by atoms with Crippen molar-refractivity contribution in [3.8, 4) is 0 Å². The van der Waals surface area contributed by atoms with Crippen LogP contribution in [0, 0.1) is 0 Å². The van der Waals surface area contributed by atoms with Gasteiger partial charge in [0.15, 0.2) is 0 Å². The first-order valence-corrected chi connectivity index (χ1v) is 10.8. The Balaban J connectivity index is 2.07. The maximum absolute atomic E-state index is 12.7. The maximum Gasteiger partial charge on any atom is 0.246 e. The van der Waals surface area contributed by atoms with Gasteiger partial charge in [-0.25, -0.2) is 8.42 Å². The van der Waals surface area contributed by atoms with Crippen LogP contribution >= 0.6 is 0 Å². The second kappa shape index (κ2) is 9.21. The molecular formula is C21H29N3O3S. The van der Waals surface area contributed by atoms with E-state index in [9.17, 15) is 13.2 Å². The highest BCUT2D eigenvalue weighted by Gasteiger charge is 2.23. The summed E-state index contributed by atoms with van der Waals surface area (Å²) >= 11 is 0. The minimum Gasteiger partial charge on any atom is -0.376 e. The van der Waals surface area contributed by atoms with E-state index in [1.54, 1.807) is 36.2 Å². The Morgan fingerprint density at radius 2 is 1.50 bits per heavy atom. The lowest BCUT2D eigenvalue weighted by atomic mass is 10.2. The lowest BCUT2D eigenvalue weighted by Gasteiger charge is -2.27. The molecule has 0 spiro atoms. The van der Waals surface area contributed by atoms with E-state index in [1.165, 1.54) is 4.31 Å². The van der Waals surface area contributed by atoms with Gasteiger partial charge in [0, 0.05) is 30.5 Å². The predicted octanol–water partition coefficient (Wildman–Crippen LogP) is 3.57. The summed E-state index contributed by atoms with van der Waals surface area (Å²) in [4.78, 5) is 14.7. The van der Waals surface area contributed by atoms with Gasteiger partial charge in [0.25, 0.3) is 0 Å². The van der Waals surface area contributed by atoms with Gasteiger partial charge in [0.05, 0.1) is 11.4 Å². The largest absolute Gasteiger partial charge is 0.376 e. The molecule has 1 amide bonds. The first kappa shape index (κ1) is 21.9. The van der Waals surface area contributed by atoms with Gasteiger partial charge in [-0.2, -0.15) is 4.31 Å². The molecule has 2 rings (SSSR count). The van der Waals surface area contributed by atoms with Crippen LogP contribution in [-0.4, -0.2) is 44.3 Å². The fraction of sp³-hybridized carbons (Fsp3) is 0.381. The average Bonchev–Trinajstić information content (AvgIpc) is 2.66. The van der Waals surface area contributed by atoms with Crippen molar-refractivity contribution in [2.45, 2.75) is 44.7 Å². The zero-order valence-electron chi connectivity index (χ0n) is 17.1. The number of amides is 1. The lowest BCUT2D eigenvalue weighted by molar-refractivity contribution is -0.117. The third-order valence-corrected chi connectivity index (χ3v) is 6.57. The summed E-state index contributed by atoms with van der Waals surface area (Å²) in [6, 6.07) is 15.9. The van der Waals surface area contributed by atoms with Crippen molar-refractivity contribution in [2.75, 3.05) is 23.8 Å². The highest BCUT2D eigenvalue weighted by molar-refractivity contribution is 7.89. The molecule has 0 aliphatic heterocycles. The molecule has 0 aromatic heterocycles. The van der Waals surface area contributed by atoms with E-state index >= 15 is 0 Å². The number of hydrogen-bond donors (Lipinski definition) is 1. The number of hydrogen-bond acceptors (Lipinski definition) is 4. The SMILES string of the molecule is CC(C)N(C(=O)CNc1ccc(S(=O)(=O)N(C)C(C)C)cc1)c1ccccc1. The Bertz CT molecular complexity index is 879. The Morgan fingerprint density at radius 3 is 2.00 bits per heavy atom. The minimum absolute atomic E-state index is 0.0239. The zero-order chi connectivity index (χ0) is 20.9. The molecule has 6 nitrogen and oxygen atoms in total. The standard InChI is InChI=1S/C21H29N3O3S/c1-16(2)23(5)28(26,27)20-13-11-18(12-14-20)22-15-21(25)24(17(3)4)19-9-7-6-8-10-19/h6-14,16-17,22H,15H2,1-5H3. The number of anilines is 2. The molecule has 0 bridgehead atoms. The number of nitrogens with one attached hydrogen (secondary N) is 1. The van der Waals surface area contributed by atoms with Crippen molar-refractivity contribution in [1.82, 2.24) is 4.31 Å². The summed E-state index contributed by atoms with van der Waals surface area (Å²) in [5, 5.41) is 3.08. The number of benzene rings is 2. The molecule has 0 fully saturated rings. The number of carbonyl (C=O) groups is 1. The molecule has 0 heterocycles. The fourth-order valence-electron chi connectivity index (χ4n) is 2.77. The summed E-state index contributed by atoms with van der Waals surface area (Å²) < 4.78 is 26.4. The van der Waals surface area contributed by atoms with Crippen molar-refractivity contribution in [3.63, 3.8) is 0 Å². The molecule has 2 aromatic rings. The van der Waals surface area contributed by atoms with E-state index in [0.29, 0.717) is 5.69 Å². The third-order valence-electron chi connectivity index (χ3n) is 4.52. The van der Waals surface area contributed by atoms with E-state index < -0.39 is 10.0 Å². The molecule has 2 aromatic carbocycles. The number of para-hydroxylation sites is 1. The van der Waals surface area contributed by atoms with Crippen LogP contribution in [0.1, 0.15) is 27.7 Å². The van der Waals surface area contributed by atoms with Crippen LogP contribution in [0.15, 0.2) is 59.5 Å². The van der Waals surface area contributed by atoms with Gasteiger partial charge in [-0.05, 0) is 64.1 Å². The van der Waals surface area contributed by atoms with Crippen LogP contribution in [0.3, 0.4) is 0 Å². The quantitative estimate of drug-likeness (QED) is 0.732. The van der Waals surface area contributed by atoms with Crippen LogP contribution < -0.4 is 10.2 Å². The number of sulfonamides is 1. The highest BCUT2D eigenvalue weighted by Crippen LogP contribution is 2.20. The minimum atomic E-state index is -3.52. The molecule has 152 valence electrons. The Kier molecular flexibility index (Phi) is 7.21. The maximum atomic E-state index is 12.7. The van der Waals surface area contributed by atoms with Crippen molar-refractivity contribution < 1.29 is 13.2 Å². The van der Waals surface area contributed by atoms with Crippen molar-refractivity contribution in [1.29, 1.82) is 0 Å². The van der Waals surface area contributed by atoms with Gasteiger partial charge in [-0.1, -0.05) is 18.2 Å². The molecule has 1 N–H and O–H groups in total. The molecule has 0 radical (unpaired) electrons. The molecule has 7 heteroatoms. The monoisotopic (exact) mass is 403 g/mol. The van der Waals surface area contributed by atoms with Crippen LogP contribution in [0.25, 0.3) is 0 Å². The van der Waals surface area contributed by atoms with Crippen LogP contribution in [0.4, 0.5) is 11.4 Å². The molecule has 0 atom stereocenters. The Labute approximate surface area is 168 Å². The first-order chi connectivity index (χ1) is 13.1. The van der Waals surface area contributed by atoms with Gasteiger partial charge in [-0.3, -0.25) is 4.79 Å². The van der Waals surface area contributed by atoms with E-state index in [1.807, 2.05) is 58.0 Å². The lowest BCUT2D eigenvalue weighted by Crippen LogP contribution is -2.40. The smallest absolute Gasteiger partial charge is 0.246 e. The summed E-state index contributed by atoms with van der Waals surface area (Å²) in [7, 11) is -1.95. The number of rotatable bonds is 8. The topological polar surface area (TPSA) is 69.7 Å². The van der Waals surface area contributed by atoms with Crippen molar-refractivity contribution in [2.24, 2.45) is 0 Å². The Hall–Kier alpha value is -2.38. The van der Waals surface area contributed by atoms with Gasteiger partial charge >= 0.3 is 0 Å². The van der Waals surface area contributed by atoms with E-state index in [0.717, 1.165) is 5.69 Å². The van der Waals surface area contributed by atoms with Crippen molar-refractivity contribution >= 4 is 27.3 Å². The third kappa shape index (κ3) is 5.11. The second-order valence-electron chi connectivity index (χ2n) is 7.19. The van der Waals surface area contributed by atoms with Crippen LogP contribution in [-0.2, 0) is 14.8 Å². The molecule has 0 saturated carbocycles.